The number of aryl methyl sites for hydroxylation is 2. The third kappa shape index (κ3) is 4.96. The number of carbonyl (C=O) groups is 1. The van der Waals surface area contributed by atoms with Crippen molar-refractivity contribution in [3.8, 4) is 0 Å². The number of anilines is 1. The third-order valence-electron chi connectivity index (χ3n) is 4.97. The highest BCUT2D eigenvalue weighted by molar-refractivity contribution is 5.91. The summed E-state index contributed by atoms with van der Waals surface area (Å²) in [6.45, 7) is 4.76. The molecule has 2 heterocycles. The first-order valence-corrected chi connectivity index (χ1v) is 9.26. The van der Waals surface area contributed by atoms with Gasteiger partial charge in [-0.25, -0.2) is 5.48 Å². The van der Waals surface area contributed by atoms with Crippen LogP contribution in [0.1, 0.15) is 29.8 Å². The molecule has 1 aliphatic heterocycles. The first kappa shape index (κ1) is 19.1. The smallest absolute Gasteiger partial charge is 0.267 e. The van der Waals surface area contributed by atoms with Crippen molar-refractivity contribution < 1.29 is 10.0 Å². The molecule has 27 heavy (non-hydrogen) atoms. The Morgan fingerprint density at radius 2 is 2.07 bits per heavy atom. The van der Waals surface area contributed by atoms with Crippen LogP contribution in [-0.2, 0) is 18.4 Å². The SMILES string of the molecule is Cc1cc(CNC2CCN(c3ccccc3/C=C/C(=O)NO)CC2)n(C)n1. The number of hydrogen-bond donors (Lipinski definition) is 3. The van der Waals surface area contributed by atoms with E-state index in [9.17, 15) is 4.79 Å². The summed E-state index contributed by atoms with van der Waals surface area (Å²) in [7, 11) is 1.98. The van der Waals surface area contributed by atoms with Crippen LogP contribution in [0.15, 0.2) is 36.4 Å². The van der Waals surface area contributed by atoms with Crippen LogP contribution >= 0.6 is 0 Å². The fraction of sp³-hybridized carbons (Fsp3) is 0.400. The van der Waals surface area contributed by atoms with Crippen molar-refractivity contribution in [2.24, 2.45) is 7.05 Å². The summed E-state index contributed by atoms with van der Waals surface area (Å²) in [5.41, 5.74) is 5.95. The normalized spacial score (nSPS) is 15.4. The Bertz CT molecular complexity index is 806. The summed E-state index contributed by atoms with van der Waals surface area (Å²) in [4.78, 5) is 13.6. The molecule has 2 aromatic rings. The van der Waals surface area contributed by atoms with Gasteiger partial charge in [-0.1, -0.05) is 18.2 Å². The number of benzene rings is 1. The number of nitrogens with zero attached hydrogens (tertiary/aromatic N) is 3. The summed E-state index contributed by atoms with van der Waals surface area (Å²) in [5.74, 6) is -0.530. The number of hydroxylamine groups is 1. The van der Waals surface area contributed by atoms with E-state index in [-0.39, 0.29) is 0 Å². The minimum Gasteiger partial charge on any atom is -0.371 e. The molecule has 0 aliphatic carbocycles. The van der Waals surface area contributed by atoms with Crippen molar-refractivity contribution in [3.05, 3.63) is 53.4 Å². The summed E-state index contributed by atoms with van der Waals surface area (Å²) < 4.78 is 1.93. The number of carbonyl (C=O) groups excluding carboxylic acids is 1. The Balaban J connectivity index is 1.57. The number of rotatable bonds is 6. The Morgan fingerprint density at radius 1 is 1.33 bits per heavy atom. The average Bonchev–Trinajstić information content (AvgIpc) is 3.02. The van der Waals surface area contributed by atoms with E-state index in [0.29, 0.717) is 6.04 Å². The van der Waals surface area contributed by atoms with E-state index in [1.807, 2.05) is 36.9 Å². The van der Waals surface area contributed by atoms with Crippen molar-refractivity contribution in [1.82, 2.24) is 20.6 Å². The minimum atomic E-state index is -0.530. The number of aromatic nitrogens is 2. The molecule has 1 aliphatic rings. The molecule has 3 rings (SSSR count). The Kier molecular flexibility index (Phi) is 6.26. The van der Waals surface area contributed by atoms with Gasteiger partial charge in [-0.2, -0.15) is 5.10 Å². The topological polar surface area (TPSA) is 82.4 Å². The van der Waals surface area contributed by atoms with Gasteiger partial charge in [0, 0.05) is 44.5 Å². The molecular weight excluding hydrogens is 342 g/mol. The lowest BCUT2D eigenvalue weighted by atomic mass is 10.0. The first-order chi connectivity index (χ1) is 13.1. The lowest BCUT2D eigenvalue weighted by molar-refractivity contribution is -0.124. The van der Waals surface area contributed by atoms with Gasteiger partial charge in [0.1, 0.15) is 0 Å². The number of piperidine rings is 1. The van der Waals surface area contributed by atoms with Crippen LogP contribution in [0.5, 0.6) is 0 Å². The van der Waals surface area contributed by atoms with Gasteiger partial charge in [0.15, 0.2) is 0 Å². The van der Waals surface area contributed by atoms with Gasteiger partial charge in [0.25, 0.3) is 5.91 Å². The molecule has 144 valence electrons. The highest BCUT2D eigenvalue weighted by Crippen LogP contribution is 2.25. The molecule has 1 fully saturated rings. The fourth-order valence-electron chi connectivity index (χ4n) is 3.52. The number of para-hydroxylation sites is 1. The maximum absolute atomic E-state index is 11.3. The van der Waals surface area contributed by atoms with Gasteiger partial charge in [-0.15, -0.1) is 0 Å². The quantitative estimate of drug-likeness (QED) is 0.412. The third-order valence-corrected chi connectivity index (χ3v) is 4.97. The zero-order valence-corrected chi connectivity index (χ0v) is 15.9. The molecule has 1 aromatic heterocycles. The van der Waals surface area contributed by atoms with Crippen molar-refractivity contribution in [2.45, 2.75) is 32.4 Å². The van der Waals surface area contributed by atoms with E-state index in [1.165, 1.54) is 11.8 Å². The van der Waals surface area contributed by atoms with E-state index in [2.05, 4.69) is 27.4 Å². The first-order valence-electron chi connectivity index (χ1n) is 9.26. The second-order valence-electron chi connectivity index (χ2n) is 6.91. The van der Waals surface area contributed by atoms with Crippen LogP contribution < -0.4 is 15.7 Å². The number of nitrogens with one attached hydrogen (secondary N) is 2. The van der Waals surface area contributed by atoms with Crippen LogP contribution in [0.25, 0.3) is 6.08 Å². The van der Waals surface area contributed by atoms with Gasteiger partial charge < -0.3 is 10.2 Å². The zero-order valence-electron chi connectivity index (χ0n) is 15.9. The van der Waals surface area contributed by atoms with Crippen LogP contribution in [0.2, 0.25) is 0 Å². The number of hydrogen-bond acceptors (Lipinski definition) is 5. The molecule has 7 nitrogen and oxygen atoms in total. The fourth-order valence-corrected chi connectivity index (χ4v) is 3.52. The van der Waals surface area contributed by atoms with Crippen LogP contribution in [0.4, 0.5) is 5.69 Å². The van der Waals surface area contributed by atoms with Gasteiger partial charge in [0.05, 0.1) is 11.4 Å². The standard InChI is InChI=1S/C20H27N5O2/c1-15-13-18(24(2)22-15)14-21-17-9-11-25(12-10-17)19-6-4-3-5-16(19)7-8-20(26)23-27/h3-8,13,17,21,27H,9-12,14H2,1-2H3,(H,23,26)/b8-7+. The van der Waals surface area contributed by atoms with Crippen molar-refractivity contribution >= 4 is 17.7 Å². The van der Waals surface area contributed by atoms with E-state index in [4.69, 9.17) is 5.21 Å². The second-order valence-corrected chi connectivity index (χ2v) is 6.91. The molecule has 1 saturated heterocycles. The highest BCUT2D eigenvalue weighted by Gasteiger charge is 2.20. The second kappa shape index (κ2) is 8.83. The Morgan fingerprint density at radius 3 is 2.74 bits per heavy atom. The maximum atomic E-state index is 11.3. The van der Waals surface area contributed by atoms with E-state index in [1.54, 1.807) is 11.6 Å². The van der Waals surface area contributed by atoms with Gasteiger partial charge in [-0.05, 0) is 43.5 Å². The molecule has 7 heteroatoms. The largest absolute Gasteiger partial charge is 0.371 e. The van der Waals surface area contributed by atoms with Crippen molar-refractivity contribution in [1.29, 1.82) is 0 Å². The Hall–Kier alpha value is -2.64. The molecule has 0 saturated carbocycles. The summed E-state index contributed by atoms with van der Waals surface area (Å²) in [6.07, 6.45) is 5.19. The van der Waals surface area contributed by atoms with Crippen molar-refractivity contribution in [2.75, 3.05) is 18.0 Å². The lowest BCUT2D eigenvalue weighted by Crippen LogP contribution is -2.42. The van der Waals surface area contributed by atoms with Crippen LogP contribution in [-0.4, -0.2) is 40.0 Å². The van der Waals surface area contributed by atoms with E-state index >= 15 is 0 Å². The molecular formula is C20H27N5O2. The molecule has 1 amide bonds. The van der Waals surface area contributed by atoms with Crippen LogP contribution in [0, 0.1) is 6.92 Å². The lowest BCUT2D eigenvalue weighted by Gasteiger charge is -2.35. The van der Waals surface area contributed by atoms with Gasteiger partial charge >= 0.3 is 0 Å². The average molecular weight is 369 g/mol. The van der Waals surface area contributed by atoms with Gasteiger partial charge in [-0.3, -0.25) is 14.7 Å². The van der Waals surface area contributed by atoms with E-state index in [0.717, 1.165) is 49.4 Å². The predicted molar refractivity (Wildman–Crippen MR) is 105 cm³/mol. The van der Waals surface area contributed by atoms with Gasteiger partial charge in [0.2, 0.25) is 0 Å². The highest BCUT2D eigenvalue weighted by atomic mass is 16.5. The minimum absolute atomic E-state index is 0.485. The predicted octanol–water partition coefficient (Wildman–Crippen LogP) is 2.01. The zero-order chi connectivity index (χ0) is 19.2. The molecule has 0 bridgehead atoms. The molecule has 1 aromatic carbocycles. The Labute approximate surface area is 159 Å². The summed E-state index contributed by atoms with van der Waals surface area (Å²) in [5, 5.41) is 16.7. The van der Waals surface area contributed by atoms with Crippen LogP contribution in [0.3, 0.4) is 0 Å². The summed E-state index contributed by atoms with van der Waals surface area (Å²) in [6, 6.07) is 10.6. The molecule has 0 atom stereocenters. The monoisotopic (exact) mass is 369 g/mol. The molecule has 0 radical (unpaired) electrons. The van der Waals surface area contributed by atoms with E-state index < -0.39 is 5.91 Å². The molecule has 3 N–H and O–H groups in total. The molecule has 0 unspecified atom stereocenters. The molecule has 0 spiro atoms. The number of amides is 1. The summed E-state index contributed by atoms with van der Waals surface area (Å²) >= 11 is 0. The van der Waals surface area contributed by atoms with Crippen molar-refractivity contribution in [3.63, 3.8) is 0 Å². The maximum Gasteiger partial charge on any atom is 0.267 e.